The highest BCUT2D eigenvalue weighted by Crippen LogP contribution is 2.24. The fourth-order valence-corrected chi connectivity index (χ4v) is 3.58. The first-order valence-electron chi connectivity index (χ1n) is 9.99. The molecule has 8 heteroatoms. The Balaban J connectivity index is 1.84. The summed E-state index contributed by atoms with van der Waals surface area (Å²) in [4.78, 5) is 34.0. The van der Waals surface area contributed by atoms with E-state index in [1.807, 2.05) is 37.3 Å². The number of nitrogens with zero attached hydrogens (tertiary/aromatic N) is 4. The maximum absolute atomic E-state index is 12.8. The minimum Gasteiger partial charge on any atom is -0.464 e. The summed E-state index contributed by atoms with van der Waals surface area (Å²) in [5.41, 5.74) is 3.10. The van der Waals surface area contributed by atoms with E-state index in [4.69, 9.17) is 4.74 Å². The van der Waals surface area contributed by atoms with Gasteiger partial charge in [0.1, 0.15) is 5.69 Å². The van der Waals surface area contributed by atoms with Crippen molar-refractivity contribution in [3.8, 4) is 0 Å². The van der Waals surface area contributed by atoms with Gasteiger partial charge >= 0.3 is 5.97 Å². The van der Waals surface area contributed by atoms with E-state index in [-0.39, 0.29) is 5.56 Å². The quantitative estimate of drug-likeness (QED) is 0.638. The van der Waals surface area contributed by atoms with E-state index in [0.717, 1.165) is 16.8 Å². The molecule has 3 aromatic rings. The van der Waals surface area contributed by atoms with Gasteiger partial charge in [-0.15, -0.1) is 0 Å². The number of nitrogens with one attached hydrogen (secondary N) is 1. The van der Waals surface area contributed by atoms with Crippen LogP contribution in [0.5, 0.6) is 0 Å². The van der Waals surface area contributed by atoms with Crippen molar-refractivity contribution < 1.29 is 9.53 Å². The van der Waals surface area contributed by atoms with E-state index in [1.165, 1.54) is 7.11 Å². The van der Waals surface area contributed by atoms with Gasteiger partial charge < -0.3 is 14.6 Å². The number of methoxy groups -OCH3 is 1. The first kappa shape index (κ1) is 20.3. The van der Waals surface area contributed by atoms with E-state index in [9.17, 15) is 9.59 Å². The van der Waals surface area contributed by atoms with Crippen molar-refractivity contribution in [3.63, 3.8) is 0 Å². The van der Waals surface area contributed by atoms with Crippen LogP contribution in [0, 0.1) is 0 Å². The summed E-state index contributed by atoms with van der Waals surface area (Å²) >= 11 is 0. The summed E-state index contributed by atoms with van der Waals surface area (Å²) in [6.45, 7) is 2.01. The number of ether oxygens (including phenoxy) is 1. The molecule has 0 saturated carbocycles. The first-order valence-corrected chi connectivity index (χ1v) is 9.99. The standard InChI is InChI=1S/C23H23N5O3/c1-4-18-17-11-12-20(29)28(16-9-7-5-6-8-10-16)21(17)26-23(25-18)24-15-13-19(22(30)31-3)27(2)14-15/h5-9,11-14H,4,10H2,1-3H3,(H,24,25,26). The van der Waals surface area contributed by atoms with Gasteiger partial charge in [-0.05, 0) is 24.6 Å². The SMILES string of the molecule is CCc1nc(Nc2cc(C(=O)OC)n(C)c2)nc2c1ccc(=O)n2C1=CC=CC=CC1. The Bertz CT molecular complexity index is 1310. The highest BCUT2D eigenvalue weighted by molar-refractivity contribution is 5.89. The number of anilines is 2. The Morgan fingerprint density at radius 2 is 2.06 bits per heavy atom. The Labute approximate surface area is 179 Å². The van der Waals surface area contributed by atoms with Crippen molar-refractivity contribution in [2.24, 2.45) is 7.05 Å². The maximum atomic E-state index is 12.8. The zero-order chi connectivity index (χ0) is 22.0. The minimum absolute atomic E-state index is 0.151. The Hall–Kier alpha value is -3.94. The lowest BCUT2D eigenvalue weighted by Gasteiger charge is -2.14. The van der Waals surface area contributed by atoms with Crippen LogP contribution in [0.25, 0.3) is 16.7 Å². The fraction of sp³-hybridized carbons (Fsp3) is 0.217. The number of carbonyl (C=O) groups excluding carboxylic acids is 1. The molecule has 0 aromatic carbocycles. The molecule has 0 spiro atoms. The average molecular weight is 417 g/mol. The van der Waals surface area contributed by atoms with Gasteiger partial charge in [0.15, 0.2) is 5.65 Å². The normalized spacial score (nSPS) is 13.2. The van der Waals surface area contributed by atoms with Gasteiger partial charge in [-0.1, -0.05) is 31.2 Å². The van der Waals surface area contributed by atoms with Crippen LogP contribution in [0.4, 0.5) is 11.6 Å². The molecule has 0 unspecified atom stereocenters. The van der Waals surface area contributed by atoms with Crippen LogP contribution in [0.1, 0.15) is 29.5 Å². The highest BCUT2D eigenvalue weighted by atomic mass is 16.5. The van der Waals surface area contributed by atoms with Crippen LogP contribution in [0.3, 0.4) is 0 Å². The number of hydrogen-bond donors (Lipinski definition) is 1. The number of allylic oxidation sites excluding steroid dienone is 6. The molecule has 0 bridgehead atoms. The number of pyridine rings is 1. The molecular formula is C23H23N5O3. The van der Waals surface area contributed by atoms with E-state index in [0.29, 0.717) is 35.8 Å². The Morgan fingerprint density at radius 1 is 1.23 bits per heavy atom. The van der Waals surface area contributed by atoms with E-state index in [1.54, 1.807) is 40.6 Å². The zero-order valence-corrected chi connectivity index (χ0v) is 17.6. The number of fused-ring (bicyclic) bond motifs is 1. The molecule has 158 valence electrons. The van der Waals surface area contributed by atoms with E-state index in [2.05, 4.69) is 15.3 Å². The summed E-state index contributed by atoms with van der Waals surface area (Å²) in [5.74, 6) is -0.0782. The number of aryl methyl sites for hydroxylation is 2. The molecule has 0 amide bonds. The summed E-state index contributed by atoms with van der Waals surface area (Å²) in [7, 11) is 3.10. The third kappa shape index (κ3) is 3.92. The molecule has 0 radical (unpaired) electrons. The third-order valence-electron chi connectivity index (χ3n) is 5.08. The van der Waals surface area contributed by atoms with Gasteiger partial charge in [-0.25, -0.2) is 9.78 Å². The van der Waals surface area contributed by atoms with Gasteiger partial charge in [0.2, 0.25) is 5.95 Å². The van der Waals surface area contributed by atoms with Gasteiger partial charge in [-0.3, -0.25) is 9.36 Å². The van der Waals surface area contributed by atoms with Crippen molar-refractivity contribution in [3.05, 3.63) is 76.5 Å². The van der Waals surface area contributed by atoms with Crippen LogP contribution in [0.2, 0.25) is 0 Å². The van der Waals surface area contributed by atoms with Gasteiger partial charge in [0, 0.05) is 36.8 Å². The summed E-state index contributed by atoms with van der Waals surface area (Å²) in [6.07, 6.45) is 12.7. The maximum Gasteiger partial charge on any atom is 0.354 e. The number of hydrogen-bond acceptors (Lipinski definition) is 6. The van der Waals surface area contributed by atoms with E-state index < -0.39 is 5.97 Å². The van der Waals surface area contributed by atoms with Crippen LogP contribution in [-0.4, -0.2) is 32.2 Å². The molecular weight excluding hydrogens is 394 g/mol. The van der Waals surface area contributed by atoms with E-state index >= 15 is 0 Å². The number of carbonyl (C=O) groups is 1. The number of esters is 1. The highest BCUT2D eigenvalue weighted by Gasteiger charge is 2.16. The molecule has 0 aliphatic heterocycles. The van der Waals surface area contributed by atoms with Crippen LogP contribution in [0.15, 0.2) is 59.6 Å². The summed E-state index contributed by atoms with van der Waals surface area (Å²) in [6, 6.07) is 5.00. The van der Waals surface area contributed by atoms with Gasteiger partial charge in [0.05, 0.1) is 18.5 Å². The molecule has 1 aliphatic carbocycles. The molecule has 1 N–H and O–H groups in total. The minimum atomic E-state index is -0.431. The molecule has 3 aromatic heterocycles. The fourth-order valence-electron chi connectivity index (χ4n) is 3.58. The molecule has 0 fully saturated rings. The second-order valence-corrected chi connectivity index (χ2v) is 7.11. The van der Waals surface area contributed by atoms with Crippen LogP contribution in [-0.2, 0) is 18.2 Å². The third-order valence-corrected chi connectivity index (χ3v) is 5.08. The predicted molar refractivity (Wildman–Crippen MR) is 120 cm³/mol. The number of aromatic nitrogens is 4. The smallest absolute Gasteiger partial charge is 0.354 e. The van der Waals surface area contributed by atoms with Gasteiger partial charge in [-0.2, -0.15) is 4.98 Å². The second-order valence-electron chi connectivity index (χ2n) is 7.11. The van der Waals surface area contributed by atoms with Crippen molar-refractivity contribution >= 4 is 34.3 Å². The zero-order valence-electron chi connectivity index (χ0n) is 17.6. The molecule has 0 saturated heterocycles. The van der Waals surface area contributed by atoms with Crippen molar-refractivity contribution in [2.45, 2.75) is 19.8 Å². The lowest BCUT2D eigenvalue weighted by molar-refractivity contribution is 0.0590. The van der Waals surface area contributed by atoms with Crippen molar-refractivity contribution in [2.75, 3.05) is 12.4 Å². The van der Waals surface area contributed by atoms with Crippen LogP contribution >= 0.6 is 0 Å². The van der Waals surface area contributed by atoms with Gasteiger partial charge in [0.25, 0.3) is 5.56 Å². The van der Waals surface area contributed by atoms with Crippen molar-refractivity contribution in [1.82, 2.24) is 19.1 Å². The van der Waals surface area contributed by atoms with Crippen molar-refractivity contribution in [1.29, 1.82) is 0 Å². The first-order chi connectivity index (χ1) is 15.0. The molecule has 4 rings (SSSR count). The molecule has 8 nitrogen and oxygen atoms in total. The Morgan fingerprint density at radius 3 is 2.84 bits per heavy atom. The Kier molecular flexibility index (Phi) is 5.53. The molecule has 3 heterocycles. The largest absolute Gasteiger partial charge is 0.464 e. The van der Waals surface area contributed by atoms with Crippen LogP contribution < -0.4 is 10.9 Å². The number of rotatable bonds is 5. The lowest BCUT2D eigenvalue weighted by atomic mass is 10.2. The monoisotopic (exact) mass is 417 g/mol. The topological polar surface area (TPSA) is 91.0 Å². The molecule has 1 aliphatic rings. The lowest BCUT2D eigenvalue weighted by Crippen LogP contribution is -2.20. The molecule has 0 atom stereocenters. The predicted octanol–water partition coefficient (Wildman–Crippen LogP) is 3.58. The average Bonchev–Trinajstić information content (AvgIpc) is 2.95. The molecule has 31 heavy (non-hydrogen) atoms. The second kappa shape index (κ2) is 8.43. The summed E-state index contributed by atoms with van der Waals surface area (Å²) < 4.78 is 8.11. The summed E-state index contributed by atoms with van der Waals surface area (Å²) in [5, 5.41) is 3.99.